The van der Waals surface area contributed by atoms with E-state index < -0.39 is 47.0 Å². The maximum atomic E-state index is 13.3. The molecule has 2 saturated heterocycles. The van der Waals surface area contributed by atoms with Crippen molar-refractivity contribution in [1.82, 2.24) is 20.1 Å². The molecule has 0 radical (unpaired) electrons. The SMILES string of the molecule is CO/N=C(\C(=O)N[C@@H]1C(=O)N2C(C(=O)OC(=O)C(F)(F)F)=C(/C=C3\CCCN(C4CC4)C3=O)CS[C@H]12)c1csc(N)n1. The van der Waals surface area contributed by atoms with Gasteiger partial charge in [-0.1, -0.05) is 5.16 Å². The molecule has 1 aromatic rings. The summed E-state index contributed by atoms with van der Waals surface area (Å²) in [6.07, 6.45) is -1.33. The Morgan fingerprint density at radius 1 is 1.26 bits per heavy atom. The fourth-order valence-electron chi connectivity index (χ4n) is 4.75. The number of β-lactam (4-membered cyclic amide) rings is 1. The monoisotopic (exact) mass is 628 g/mol. The molecule has 1 aliphatic carbocycles. The first-order valence-electron chi connectivity index (χ1n) is 12.6. The van der Waals surface area contributed by atoms with Crippen molar-refractivity contribution in [2.75, 3.05) is 25.1 Å². The Morgan fingerprint density at radius 2 is 2.00 bits per heavy atom. The van der Waals surface area contributed by atoms with E-state index in [1.165, 1.54) is 18.6 Å². The van der Waals surface area contributed by atoms with Crippen LogP contribution in [-0.4, -0.2) is 93.2 Å². The fraction of sp³-hybridized carbons (Fsp3) is 0.458. The van der Waals surface area contributed by atoms with Crippen molar-refractivity contribution in [3.63, 3.8) is 0 Å². The molecule has 3 aliphatic heterocycles. The number of esters is 2. The Bertz CT molecular complexity index is 1450. The zero-order chi connectivity index (χ0) is 30.3. The second kappa shape index (κ2) is 11.4. The number of rotatable bonds is 7. The smallest absolute Gasteiger partial charge is 0.398 e. The van der Waals surface area contributed by atoms with Crippen LogP contribution in [0.3, 0.4) is 0 Å². The molecule has 5 rings (SSSR count). The average molecular weight is 629 g/mol. The number of carbonyl (C=O) groups excluding carboxylic acids is 5. The minimum absolute atomic E-state index is 0.0344. The lowest BCUT2D eigenvalue weighted by Crippen LogP contribution is -2.71. The second-order valence-corrected chi connectivity index (χ2v) is 11.6. The van der Waals surface area contributed by atoms with Crippen LogP contribution in [0, 0.1) is 0 Å². The van der Waals surface area contributed by atoms with Gasteiger partial charge >= 0.3 is 18.1 Å². The number of allylic oxidation sites excluding steroid dienone is 1. The summed E-state index contributed by atoms with van der Waals surface area (Å²) >= 11 is 2.13. The fourth-order valence-corrected chi connectivity index (χ4v) is 6.60. The number of alkyl halides is 3. The number of nitrogens with zero attached hydrogens (tertiary/aromatic N) is 4. The topological polar surface area (TPSA) is 174 Å². The van der Waals surface area contributed by atoms with Crippen LogP contribution in [0.1, 0.15) is 31.4 Å². The molecule has 1 aromatic heterocycles. The molecule has 2 atom stereocenters. The van der Waals surface area contributed by atoms with Gasteiger partial charge in [0.15, 0.2) is 10.8 Å². The Hall–Kier alpha value is -3.93. The van der Waals surface area contributed by atoms with Gasteiger partial charge in [-0.2, -0.15) is 13.2 Å². The molecule has 3 amide bonds. The lowest BCUT2D eigenvalue weighted by atomic mass is 9.98. The van der Waals surface area contributed by atoms with E-state index in [9.17, 15) is 37.1 Å². The number of oxime groups is 1. The van der Waals surface area contributed by atoms with Gasteiger partial charge < -0.3 is 25.5 Å². The summed E-state index contributed by atoms with van der Waals surface area (Å²) < 4.78 is 42.8. The van der Waals surface area contributed by atoms with E-state index in [0.717, 1.165) is 40.8 Å². The second-order valence-electron chi connectivity index (χ2n) is 9.61. The Labute approximate surface area is 243 Å². The number of amides is 3. The van der Waals surface area contributed by atoms with E-state index in [-0.39, 0.29) is 39.8 Å². The average Bonchev–Trinajstić information content (AvgIpc) is 3.69. The summed E-state index contributed by atoms with van der Waals surface area (Å²) in [4.78, 5) is 75.0. The zero-order valence-electron chi connectivity index (χ0n) is 21.8. The third kappa shape index (κ3) is 5.72. The van der Waals surface area contributed by atoms with Crippen molar-refractivity contribution in [2.24, 2.45) is 5.16 Å². The molecule has 0 unspecified atom stereocenters. The van der Waals surface area contributed by atoms with Gasteiger partial charge in [0.05, 0.1) is 0 Å². The lowest BCUT2D eigenvalue weighted by molar-refractivity contribution is -0.201. The van der Waals surface area contributed by atoms with E-state index in [0.29, 0.717) is 25.0 Å². The van der Waals surface area contributed by atoms with Crippen LogP contribution in [0.15, 0.2) is 33.5 Å². The number of nitrogens with one attached hydrogen (secondary N) is 1. The number of fused-ring (bicyclic) bond motifs is 1. The molecule has 18 heteroatoms. The van der Waals surface area contributed by atoms with Crippen LogP contribution < -0.4 is 11.1 Å². The van der Waals surface area contributed by atoms with E-state index in [1.54, 1.807) is 4.90 Å². The maximum absolute atomic E-state index is 13.3. The molecule has 1 saturated carbocycles. The quantitative estimate of drug-likeness (QED) is 0.111. The molecule has 4 heterocycles. The van der Waals surface area contributed by atoms with Gasteiger partial charge in [0.25, 0.3) is 11.8 Å². The van der Waals surface area contributed by atoms with E-state index in [2.05, 4.69) is 20.2 Å². The van der Waals surface area contributed by atoms with E-state index in [4.69, 9.17) is 10.6 Å². The molecule has 3 fully saturated rings. The van der Waals surface area contributed by atoms with Crippen molar-refractivity contribution < 1.29 is 46.7 Å². The summed E-state index contributed by atoms with van der Waals surface area (Å²) in [7, 11) is 1.19. The summed E-state index contributed by atoms with van der Waals surface area (Å²) in [5.74, 6) is -6.46. The number of thiazole rings is 1. The molecular formula is C24H23F3N6O7S2. The highest BCUT2D eigenvalue weighted by Crippen LogP contribution is 2.42. The number of anilines is 1. The van der Waals surface area contributed by atoms with Crippen molar-refractivity contribution in [3.8, 4) is 0 Å². The van der Waals surface area contributed by atoms with Crippen LogP contribution >= 0.6 is 23.1 Å². The third-order valence-corrected chi connectivity index (χ3v) is 8.75. The van der Waals surface area contributed by atoms with Gasteiger partial charge in [-0.25, -0.2) is 14.6 Å². The number of ether oxygens (including phenoxy) is 1. The highest BCUT2D eigenvalue weighted by Gasteiger charge is 2.55. The van der Waals surface area contributed by atoms with Gasteiger partial charge in [0, 0.05) is 29.3 Å². The largest absolute Gasteiger partial charge is 0.491 e. The van der Waals surface area contributed by atoms with Gasteiger partial charge in [-0.15, -0.1) is 23.1 Å². The van der Waals surface area contributed by atoms with Crippen LogP contribution in [0.25, 0.3) is 0 Å². The predicted octanol–water partition coefficient (Wildman–Crippen LogP) is 1.07. The van der Waals surface area contributed by atoms with Crippen LogP contribution in [0.2, 0.25) is 0 Å². The zero-order valence-corrected chi connectivity index (χ0v) is 23.4. The molecular weight excluding hydrogens is 605 g/mol. The summed E-state index contributed by atoms with van der Waals surface area (Å²) in [5, 5.41) is 6.77. The van der Waals surface area contributed by atoms with Gasteiger partial charge in [0.1, 0.15) is 29.9 Å². The Morgan fingerprint density at radius 3 is 2.62 bits per heavy atom. The number of carbonyl (C=O) groups is 5. The van der Waals surface area contributed by atoms with Crippen LogP contribution in [0.5, 0.6) is 0 Å². The number of piperidine rings is 1. The number of hydrogen-bond acceptors (Lipinski definition) is 12. The molecule has 42 heavy (non-hydrogen) atoms. The maximum Gasteiger partial charge on any atom is 0.491 e. The Balaban J connectivity index is 1.42. The molecule has 0 spiro atoms. The van der Waals surface area contributed by atoms with Crippen LogP contribution in [-0.2, 0) is 33.5 Å². The van der Waals surface area contributed by atoms with Crippen molar-refractivity contribution >= 4 is 63.6 Å². The van der Waals surface area contributed by atoms with Crippen LogP contribution in [0.4, 0.5) is 18.3 Å². The van der Waals surface area contributed by atoms with Gasteiger partial charge in [-0.3, -0.25) is 19.3 Å². The number of hydrogen-bond donors (Lipinski definition) is 2. The van der Waals surface area contributed by atoms with Gasteiger partial charge in [0.2, 0.25) is 5.91 Å². The number of nitrogens with two attached hydrogens (primary N) is 1. The minimum Gasteiger partial charge on any atom is -0.398 e. The molecule has 224 valence electrons. The first-order valence-corrected chi connectivity index (χ1v) is 14.5. The number of halogens is 3. The van der Waals surface area contributed by atoms with Gasteiger partial charge in [-0.05, 0) is 37.3 Å². The number of nitrogen functional groups attached to an aromatic ring is 1. The van der Waals surface area contributed by atoms with E-state index >= 15 is 0 Å². The number of likely N-dealkylation sites (tertiary alicyclic amines) is 1. The normalized spacial score (nSPS) is 23.9. The van der Waals surface area contributed by atoms with Crippen molar-refractivity contribution in [2.45, 2.75) is 49.3 Å². The number of thioether (sulfide) groups is 1. The third-order valence-electron chi connectivity index (χ3n) is 6.77. The molecule has 4 aliphatic rings. The first kappa shape index (κ1) is 29.6. The molecule has 3 N–H and O–H groups in total. The summed E-state index contributed by atoms with van der Waals surface area (Å²) in [6.45, 7) is 0.569. The van der Waals surface area contributed by atoms with Crippen molar-refractivity contribution in [1.29, 1.82) is 0 Å². The predicted molar refractivity (Wildman–Crippen MR) is 141 cm³/mol. The molecule has 0 aromatic carbocycles. The van der Waals surface area contributed by atoms with Crippen molar-refractivity contribution in [3.05, 3.63) is 34.0 Å². The molecule has 13 nitrogen and oxygen atoms in total. The highest BCUT2D eigenvalue weighted by atomic mass is 32.2. The summed E-state index contributed by atoms with van der Waals surface area (Å²) in [6, 6.07) is -1.10. The lowest BCUT2D eigenvalue weighted by Gasteiger charge is -2.49. The summed E-state index contributed by atoms with van der Waals surface area (Å²) in [5.41, 5.74) is 5.19. The highest BCUT2D eigenvalue weighted by molar-refractivity contribution is 8.00. The Kier molecular flexibility index (Phi) is 8.02. The first-order chi connectivity index (χ1) is 19.9. The minimum atomic E-state index is -5.46. The molecule has 0 bridgehead atoms. The standard InChI is InChI=1S/C24H23F3N6O7S2/c1-39-31-14(13-9-42-23(28)29-13)17(34)30-15-19(36)33-16(21(37)40-22(38)24(25,26)27)11(8-41-20(15)33)7-10-3-2-6-32(18(10)35)12-4-5-12/h7,9,12,15,20H,2-6,8H2,1H3,(H2,28,29)(H,30,34)/b10-7+,31-14-/t15-,20-/m1/s1. The number of aromatic nitrogens is 1. The van der Waals surface area contributed by atoms with E-state index in [1.807, 2.05) is 0 Å².